The van der Waals surface area contributed by atoms with Crippen LogP contribution in [0.2, 0.25) is 0 Å². The second kappa shape index (κ2) is 8.53. The molecule has 3 rings (SSSR count). The lowest BCUT2D eigenvalue weighted by atomic mass is 10.2. The van der Waals surface area contributed by atoms with Crippen molar-refractivity contribution < 1.29 is 13.9 Å². The molecule has 0 spiro atoms. The fraction of sp³-hybridized carbons (Fsp3) is 0.300. The van der Waals surface area contributed by atoms with Gasteiger partial charge in [0.2, 0.25) is 0 Å². The highest BCUT2D eigenvalue weighted by atomic mass is 19.1. The zero-order valence-electron chi connectivity index (χ0n) is 15.5. The van der Waals surface area contributed by atoms with E-state index in [0.29, 0.717) is 18.7 Å². The van der Waals surface area contributed by atoms with Crippen LogP contribution in [-0.2, 0) is 13.0 Å². The van der Waals surface area contributed by atoms with Crippen LogP contribution < -0.4 is 10.1 Å². The van der Waals surface area contributed by atoms with E-state index in [1.165, 1.54) is 18.1 Å². The number of para-hydroxylation sites is 2. The molecule has 0 aliphatic heterocycles. The number of carbonyl (C=O) groups is 1. The Balaban J connectivity index is 1.43. The van der Waals surface area contributed by atoms with Crippen LogP contribution >= 0.6 is 0 Å². The van der Waals surface area contributed by atoms with Crippen LogP contribution in [0.1, 0.15) is 17.8 Å². The van der Waals surface area contributed by atoms with E-state index in [0.717, 1.165) is 29.7 Å². The van der Waals surface area contributed by atoms with Gasteiger partial charge in [-0.1, -0.05) is 18.2 Å². The topological polar surface area (TPSA) is 70.2 Å². The summed E-state index contributed by atoms with van der Waals surface area (Å²) in [5, 5.41) is 2.87. The molecule has 142 valence electrons. The maximum absolute atomic E-state index is 13.7. The quantitative estimate of drug-likeness (QED) is 0.626. The first-order valence-corrected chi connectivity index (χ1v) is 8.82. The number of urea groups is 1. The van der Waals surface area contributed by atoms with Crippen molar-refractivity contribution in [1.29, 1.82) is 0 Å². The smallest absolute Gasteiger partial charge is 0.317 e. The Hall–Kier alpha value is -3.09. The average Bonchev–Trinajstić information content (AvgIpc) is 3.08. The molecule has 0 unspecified atom stereocenters. The molecule has 1 heterocycles. The van der Waals surface area contributed by atoms with E-state index in [2.05, 4.69) is 15.3 Å². The van der Waals surface area contributed by atoms with Gasteiger partial charge < -0.3 is 19.9 Å². The number of aromatic nitrogens is 2. The number of imidazole rings is 1. The normalized spacial score (nSPS) is 10.8. The Morgan fingerprint density at radius 2 is 2.11 bits per heavy atom. The van der Waals surface area contributed by atoms with E-state index < -0.39 is 5.82 Å². The summed E-state index contributed by atoms with van der Waals surface area (Å²) in [6.07, 6.45) is 1.53. The van der Waals surface area contributed by atoms with Crippen molar-refractivity contribution in [2.24, 2.45) is 0 Å². The van der Waals surface area contributed by atoms with Crippen LogP contribution in [0.3, 0.4) is 0 Å². The fourth-order valence-electron chi connectivity index (χ4n) is 2.86. The van der Waals surface area contributed by atoms with Gasteiger partial charge in [0.15, 0.2) is 11.6 Å². The van der Waals surface area contributed by atoms with Crippen LogP contribution in [0.15, 0.2) is 42.5 Å². The number of carbonyl (C=O) groups excluding carboxylic acids is 1. The molecule has 7 heteroatoms. The maximum Gasteiger partial charge on any atom is 0.317 e. The number of aryl methyl sites for hydroxylation is 1. The lowest BCUT2D eigenvalue weighted by Crippen LogP contribution is -2.37. The Morgan fingerprint density at radius 1 is 1.30 bits per heavy atom. The number of nitrogens with zero attached hydrogens (tertiary/aromatic N) is 2. The van der Waals surface area contributed by atoms with E-state index in [-0.39, 0.29) is 11.8 Å². The average molecular weight is 370 g/mol. The molecule has 0 atom stereocenters. The third-order valence-corrected chi connectivity index (χ3v) is 4.29. The second-order valence-corrected chi connectivity index (χ2v) is 6.36. The molecule has 0 radical (unpaired) electrons. The molecule has 0 saturated carbocycles. The molecule has 0 fully saturated rings. The standard InChI is InChI=1S/C20H23FN4O2/c1-25(13-14-9-10-18(27-2)15(21)12-14)20(26)22-11-5-8-19-23-16-6-3-4-7-17(16)24-19/h3-4,6-7,9-10,12H,5,8,11,13H2,1-2H3,(H,22,26)(H,23,24). The summed E-state index contributed by atoms with van der Waals surface area (Å²) in [5.41, 5.74) is 2.67. The molecule has 0 aliphatic rings. The van der Waals surface area contributed by atoms with Gasteiger partial charge in [-0.15, -0.1) is 0 Å². The van der Waals surface area contributed by atoms with Gasteiger partial charge in [-0.25, -0.2) is 14.2 Å². The molecule has 0 saturated heterocycles. The number of rotatable bonds is 7. The zero-order chi connectivity index (χ0) is 19.2. The zero-order valence-corrected chi connectivity index (χ0v) is 15.5. The number of methoxy groups -OCH3 is 1. The SMILES string of the molecule is COc1ccc(CN(C)C(=O)NCCCc2nc3ccccc3[nH]2)cc1F. The number of hydrogen-bond donors (Lipinski definition) is 2. The number of benzene rings is 2. The molecule has 2 aromatic carbocycles. The molecule has 6 nitrogen and oxygen atoms in total. The Kier molecular flexibility index (Phi) is 5.90. The van der Waals surface area contributed by atoms with Gasteiger partial charge in [0.05, 0.1) is 18.1 Å². The Bertz CT molecular complexity index is 892. The largest absolute Gasteiger partial charge is 0.494 e. The minimum atomic E-state index is -0.436. The van der Waals surface area contributed by atoms with Gasteiger partial charge in [0, 0.05) is 26.6 Å². The number of halogens is 1. The second-order valence-electron chi connectivity index (χ2n) is 6.36. The molecular formula is C20H23FN4O2. The third kappa shape index (κ3) is 4.75. The first-order valence-electron chi connectivity index (χ1n) is 8.82. The molecule has 0 aliphatic carbocycles. The van der Waals surface area contributed by atoms with Gasteiger partial charge in [-0.3, -0.25) is 0 Å². The van der Waals surface area contributed by atoms with Crippen LogP contribution in [0, 0.1) is 5.82 Å². The van der Waals surface area contributed by atoms with E-state index in [1.807, 2.05) is 24.3 Å². The highest BCUT2D eigenvalue weighted by molar-refractivity contribution is 5.75. The van der Waals surface area contributed by atoms with Gasteiger partial charge in [0.1, 0.15) is 5.82 Å². The Morgan fingerprint density at radius 3 is 2.85 bits per heavy atom. The predicted molar refractivity (Wildman–Crippen MR) is 102 cm³/mol. The molecular weight excluding hydrogens is 347 g/mol. The van der Waals surface area contributed by atoms with E-state index >= 15 is 0 Å². The van der Waals surface area contributed by atoms with E-state index in [4.69, 9.17) is 4.74 Å². The molecule has 2 N–H and O–H groups in total. The van der Waals surface area contributed by atoms with Crippen LogP contribution in [0.4, 0.5) is 9.18 Å². The molecule has 3 aromatic rings. The number of amides is 2. The lowest BCUT2D eigenvalue weighted by Gasteiger charge is -2.18. The van der Waals surface area contributed by atoms with E-state index in [9.17, 15) is 9.18 Å². The number of ether oxygens (including phenoxy) is 1. The monoisotopic (exact) mass is 370 g/mol. The summed E-state index contributed by atoms with van der Waals surface area (Å²) >= 11 is 0. The van der Waals surface area contributed by atoms with Crippen molar-refractivity contribution in [3.05, 3.63) is 59.7 Å². The highest BCUT2D eigenvalue weighted by Gasteiger charge is 2.11. The van der Waals surface area contributed by atoms with Gasteiger partial charge in [-0.05, 0) is 36.2 Å². The van der Waals surface area contributed by atoms with Gasteiger partial charge >= 0.3 is 6.03 Å². The number of nitrogens with one attached hydrogen (secondary N) is 2. The van der Waals surface area contributed by atoms with Crippen molar-refractivity contribution in [1.82, 2.24) is 20.2 Å². The van der Waals surface area contributed by atoms with Gasteiger partial charge in [0.25, 0.3) is 0 Å². The summed E-state index contributed by atoms with van der Waals surface area (Å²) in [4.78, 5) is 21.5. The third-order valence-electron chi connectivity index (χ3n) is 4.29. The van der Waals surface area contributed by atoms with Crippen molar-refractivity contribution in [3.8, 4) is 5.75 Å². The highest BCUT2D eigenvalue weighted by Crippen LogP contribution is 2.18. The minimum absolute atomic E-state index is 0.191. The minimum Gasteiger partial charge on any atom is -0.494 e. The summed E-state index contributed by atoms with van der Waals surface area (Å²) < 4.78 is 18.6. The van der Waals surface area contributed by atoms with E-state index in [1.54, 1.807) is 19.2 Å². The maximum atomic E-state index is 13.7. The van der Waals surface area contributed by atoms with Crippen LogP contribution in [0.5, 0.6) is 5.75 Å². The summed E-state index contributed by atoms with van der Waals surface area (Å²) in [5.74, 6) is 0.665. The summed E-state index contributed by atoms with van der Waals surface area (Å²) in [6, 6.07) is 12.4. The Labute approximate surface area is 157 Å². The van der Waals surface area contributed by atoms with Crippen LogP contribution in [-0.4, -0.2) is 41.6 Å². The van der Waals surface area contributed by atoms with Crippen molar-refractivity contribution >= 4 is 17.1 Å². The number of H-pyrrole nitrogens is 1. The number of fused-ring (bicyclic) bond motifs is 1. The van der Waals surface area contributed by atoms with Crippen molar-refractivity contribution in [3.63, 3.8) is 0 Å². The fourth-order valence-corrected chi connectivity index (χ4v) is 2.86. The van der Waals surface area contributed by atoms with Crippen LogP contribution in [0.25, 0.3) is 11.0 Å². The number of hydrogen-bond acceptors (Lipinski definition) is 3. The predicted octanol–water partition coefficient (Wildman–Crippen LogP) is 3.48. The lowest BCUT2D eigenvalue weighted by molar-refractivity contribution is 0.206. The first kappa shape index (κ1) is 18.7. The first-order chi connectivity index (χ1) is 13.1. The molecule has 0 bridgehead atoms. The molecule has 2 amide bonds. The van der Waals surface area contributed by atoms with Crippen molar-refractivity contribution in [2.45, 2.75) is 19.4 Å². The summed E-state index contributed by atoms with van der Waals surface area (Å²) in [6.45, 7) is 0.855. The van der Waals surface area contributed by atoms with Gasteiger partial charge in [-0.2, -0.15) is 0 Å². The number of aromatic amines is 1. The summed E-state index contributed by atoms with van der Waals surface area (Å²) in [7, 11) is 3.10. The molecule has 27 heavy (non-hydrogen) atoms. The molecule has 1 aromatic heterocycles. The van der Waals surface area contributed by atoms with Crippen molar-refractivity contribution in [2.75, 3.05) is 20.7 Å².